The number of esters is 1. The molecule has 0 saturated heterocycles. The minimum Gasteiger partial charge on any atom is -0.469 e. The van der Waals surface area contributed by atoms with Gasteiger partial charge in [0.15, 0.2) is 0 Å². The summed E-state index contributed by atoms with van der Waals surface area (Å²) in [6, 6.07) is 0. The number of carbonyl (C=O) groups excluding carboxylic acids is 1. The molecule has 4 aliphatic carbocycles. The molecule has 4 fully saturated rings. The van der Waals surface area contributed by atoms with Crippen molar-refractivity contribution in [1.29, 1.82) is 0 Å². The highest BCUT2D eigenvalue weighted by Crippen LogP contribution is 2.68. The first-order chi connectivity index (χ1) is 12.5. The van der Waals surface area contributed by atoms with Gasteiger partial charge in [-0.15, -0.1) is 0 Å². The van der Waals surface area contributed by atoms with Gasteiger partial charge in [-0.3, -0.25) is 4.79 Å². The maximum atomic E-state index is 12.3. The molecule has 0 aromatic rings. The fraction of sp³-hybridized carbons (Fsp3) is 0.952. The highest BCUT2D eigenvalue weighted by Gasteiger charge is 2.72. The van der Waals surface area contributed by atoms with E-state index in [9.17, 15) is 25.2 Å². The summed E-state index contributed by atoms with van der Waals surface area (Å²) in [7, 11) is 1.38. The van der Waals surface area contributed by atoms with E-state index < -0.39 is 34.7 Å². The Morgan fingerprint density at radius 3 is 2.33 bits per heavy atom. The molecule has 0 aromatic heterocycles. The van der Waals surface area contributed by atoms with Gasteiger partial charge in [0.25, 0.3) is 0 Å². The third-order valence-corrected chi connectivity index (χ3v) is 9.42. The molecule has 4 rings (SSSR count). The average molecular weight is 382 g/mol. The van der Waals surface area contributed by atoms with Crippen molar-refractivity contribution < 1.29 is 30.0 Å². The van der Waals surface area contributed by atoms with Crippen LogP contribution in [-0.4, -0.2) is 57.4 Å². The van der Waals surface area contributed by atoms with Crippen LogP contribution in [-0.2, 0) is 9.53 Å². The highest BCUT2D eigenvalue weighted by atomic mass is 16.5. The van der Waals surface area contributed by atoms with Crippen LogP contribution >= 0.6 is 0 Å². The van der Waals surface area contributed by atoms with Gasteiger partial charge in [0.2, 0.25) is 0 Å². The molecule has 27 heavy (non-hydrogen) atoms. The van der Waals surface area contributed by atoms with E-state index in [1.165, 1.54) is 7.11 Å². The smallest absolute Gasteiger partial charge is 0.309 e. The lowest BCUT2D eigenvalue weighted by Crippen LogP contribution is -2.57. The standard InChI is InChI=1S/C21H34O6/c1-10-13-6-5-11-12(18(25)27-4)8-20(13,17(11)24)9-16(23)21(26)14(10)7-15(22)19(21,2)3/h10-17,22-24,26H,5-9H2,1-4H3/t10-,11-,12-,13-,14-,15-,16+,17+,20+,21-/m0/s1. The zero-order chi connectivity index (χ0) is 19.9. The van der Waals surface area contributed by atoms with Crippen LogP contribution in [0, 0.1) is 40.4 Å². The second-order valence-corrected chi connectivity index (χ2v) is 10.3. The van der Waals surface area contributed by atoms with Crippen molar-refractivity contribution in [2.75, 3.05) is 7.11 Å². The van der Waals surface area contributed by atoms with Gasteiger partial charge < -0.3 is 25.2 Å². The van der Waals surface area contributed by atoms with Crippen LogP contribution in [0.25, 0.3) is 0 Å². The SMILES string of the molecule is COC(=O)[C@H]1C[C@@]23C[C@@H](O)[C@@]4(O)[C@@H](C[C@H](O)C4(C)C)[C@@H](C)[C@@H]2CC[C@@H]1[C@H]3O. The molecule has 0 aliphatic heterocycles. The summed E-state index contributed by atoms with van der Waals surface area (Å²) in [6.07, 6.45) is 0.441. The Balaban J connectivity index is 1.79. The van der Waals surface area contributed by atoms with Crippen molar-refractivity contribution in [2.45, 2.75) is 76.8 Å². The summed E-state index contributed by atoms with van der Waals surface area (Å²) in [5.74, 6) is -0.857. The first-order valence-corrected chi connectivity index (χ1v) is 10.4. The Kier molecular flexibility index (Phi) is 4.29. The first-order valence-electron chi connectivity index (χ1n) is 10.4. The number of hydrogen-bond acceptors (Lipinski definition) is 6. The monoisotopic (exact) mass is 382 g/mol. The zero-order valence-electron chi connectivity index (χ0n) is 16.8. The van der Waals surface area contributed by atoms with Crippen LogP contribution in [0.15, 0.2) is 0 Å². The normalized spacial score (nSPS) is 56.1. The molecule has 0 radical (unpaired) electrons. The molecule has 0 heterocycles. The summed E-state index contributed by atoms with van der Waals surface area (Å²) < 4.78 is 5.00. The van der Waals surface area contributed by atoms with Crippen LogP contribution in [0.3, 0.4) is 0 Å². The Bertz CT molecular complexity index is 634. The molecule has 1 spiro atoms. The van der Waals surface area contributed by atoms with Gasteiger partial charge in [-0.2, -0.15) is 0 Å². The van der Waals surface area contributed by atoms with Gasteiger partial charge in [-0.05, 0) is 55.8 Å². The first kappa shape index (κ1) is 19.6. The van der Waals surface area contributed by atoms with E-state index in [0.717, 1.165) is 12.8 Å². The van der Waals surface area contributed by atoms with Gasteiger partial charge in [-0.25, -0.2) is 0 Å². The van der Waals surface area contributed by atoms with E-state index in [1.807, 2.05) is 13.8 Å². The van der Waals surface area contributed by atoms with Gasteiger partial charge in [0.1, 0.15) is 5.60 Å². The third kappa shape index (κ3) is 2.19. The Morgan fingerprint density at radius 1 is 1.04 bits per heavy atom. The molecule has 4 saturated carbocycles. The van der Waals surface area contributed by atoms with Gasteiger partial charge in [-0.1, -0.05) is 20.8 Å². The predicted octanol–water partition coefficient (Wildman–Crippen LogP) is 1.09. The van der Waals surface area contributed by atoms with Crippen LogP contribution in [0.5, 0.6) is 0 Å². The number of hydrogen-bond donors (Lipinski definition) is 4. The quantitative estimate of drug-likeness (QED) is 0.506. The van der Waals surface area contributed by atoms with Gasteiger partial charge in [0, 0.05) is 10.8 Å². The molecular weight excluding hydrogens is 348 g/mol. The van der Waals surface area contributed by atoms with E-state index in [1.54, 1.807) is 0 Å². The molecule has 0 amide bonds. The largest absolute Gasteiger partial charge is 0.469 e. The van der Waals surface area contributed by atoms with Crippen molar-refractivity contribution in [3.63, 3.8) is 0 Å². The highest BCUT2D eigenvalue weighted by molar-refractivity contribution is 5.73. The average Bonchev–Trinajstić information content (AvgIpc) is 2.87. The van der Waals surface area contributed by atoms with E-state index in [0.29, 0.717) is 12.8 Å². The fourth-order valence-corrected chi connectivity index (χ4v) is 7.82. The molecule has 2 bridgehead atoms. The van der Waals surface area contributed by atoms with Crippen LogP contribution in [0.1, 0.15) is 52.9 Å². The lowest BCUT2D eigenvalue weighted by Gasteiger charge is -2.47. The number of fused-ring (bicyclic) bond motifs is 2. The Hall–Kier alpha value is -0.690. The molecule has 4 aliphatic rings. The van der Waals surface area contributed by atoms with Crippen LogP contribution in [0.2, 0.25) is 0 Å². The van der Waals surface area contributed by atoms with Gasteiger partial charge >= 0.3 is 5.97 Å². The Labute approximate surface area is 160 Å². The van der Waals surface area contributed by atoms with Crippen LogP contribution in [0.4, 0.5) is 0 Å². The predicted molar refractivity (Wildman–Crippen MR) is 97.4 cm³/mol. The molecule has 10 atom stereocenters. The minimum absolute atomic E-state index is 0.0376. The van der Waals surface area contributed by atoms with Crippen LogP contribution < -0.4 is 0 Å². The maximum absolute atomic E-state index is 12.3. The van der Waals surface area contributed by atoms with E-state index in [4.69, 9.17) is 4.74 Å². The summed E-state index contributed by atoms with van der Waals surface area (Å²) in [4.78, 5) is 12.3. The summed E-state index contributed by atoms with van der Waals surface area (Å²) in [6.45, 7) is 5.74. The topological polar surface area (TPSA) is 107 Å². The fourth-order valence-electron chi connectivity index (χ4n) is 7.82. The molecule has 6 heteroatoms. The summed E-state index contributed by atoms with van der Waals surface area (Å²) >= 11 is 0. The molecule has 154 valence electrons. The maximum Gasteiger partial charge on any atom is 0.309 e. The van der Waals surface area contributed by atoms with E-state index in [2.05, 4.69) is 6.92 Å². The molecule has 6 nitrogen and oxygen atoms in total. The van der Waals surface area contributed by atoms with Crippen molar-refractivity contribution in [1.82, 2.24) is 0 Å². The zero-order valence-corrected chi connectivity index (χ0v) is 16.8. The summed E-state index contributed by atoms with van der Waals surface area (Å²) in [5, 5.41) is 44.9. The number of aliphatic hydroxyl groups is 4. The van der Waals surface area contributed by atoms with Crippen molar-refractivity contribution in [3.8, 4) is 0 Å². The number of carbonyl (C=O) groups is 1. The lowest BCUT2D eigenvalue weighted by molar-refractivity contribution is -0.178. The molecular formula is C21H34O6. The number of methoxy groups -OCH3 is 1. The molecule has 4 N–H and O–H groups in total. The van der Waals surface area contributed by atoms with Crippen molar-refractivity contribution in [3.05, 3.63) is 0 Å². The van der Waals surface area contributed by atoms with Crippen molar-refractivity contribution >= 4 is 5.97 Å². The summed E-state index contributed by atoms with van der Waals surface area (Å²) in [5.41, 5.74) is -2.82. The number of aliphatic hydroxyl groups excluding tert-OH is 3. The minimum atomic E-state index is -1.41. The number of ether oxygens (including phenoxy) is 1. The van der Waals surface area contributed by atoms with E-state index in [-0.39, 0.29) is 42.0 Å². The van der Waals surface area contributed by atoms with E-state index >= 15 is 0 Å². The second-order valence-electron chi connectivity index (χ2n) is 10.3. The van der Waals surface area contributed by atoms with Gasteiger partial charge in [0.05, 0.1) is 31.3 Å². The lowest BCUT2D eigenvalue weighted by atomic mass is 9.59. The Morgan fingerprint density at radius 2 is 1.70 bits per heavy atom. The second kappa shape index (κ2) is 5.91. The molecule has 0 aromatic carbocycles. The molecule has 0 unspecified atom stereocenters. The number of rotatable bonds is 1. The third-order valence-electron chi connectivity index (χ3n) is 9.42. The van der Waals surface area contributed by atoms with Crippen molar-refractivity contribution in [2.24, 2.45) is 40.4 Å².